The maximum atomic E-state index is 3.29. The van der Waals surface area contributed by atoms with Crippen LogP contribution < -0.4 is 5.32 Å². The van der Waals surface area contributed by atoms with Crippen LogP contribution in [-0.4, -0.2) is 13.1 Å². The van der Waals surface area contributed by atoms with Crippen LogP contribution >= 0.6 is 0 Å². The summed E-state index contributed by atoms with van der Waals surface area (Å²) in [5, 5.41) is 3.29. The van der Waals surface area contributed by atoms with Crippen molar-refractivity contribution in [3.63, 3.8) is 0 Å². The van der Waals surface area contributed by atoms with E-state index in [1.807, 2.05) is 7.05 Å². The summed E-state index contributed by atoms with van der Waals surface area (Å²) in [6.07, 6.45) is 0. The zero-order valence-electron chi connectivity index (χ0n) is 8.15. The summed E-state index contributed by atoms with van der Waals surface area (Å²) in [6, 6.07) is 0.590. The van der Waals surface area contributed by atoms with Gasteiger partial charge in [0.1, 0.15) is 0 Å². The third-order valence-electron chi connectivity index (χ3n) is 3.04. The minimum absolute atomic E-state index is 0.398. The fourth-order valence-electron chi connectivity index (χ4n) is 0.872. The molecule has 0 fully saturated rings. The summed E-state index contributed by atoms with van der Waals surface area (Å²) in [4.78, 5) is 0. The molecule has 0 saturated heterocycles. The van der Waals surface area contributed by atoms with Crippen molar-refractivity contribution in [2.45, 2.75) is 40.7 Å². The number of nitrogens with one attached hydrogen (secondary N) is 1. The Morgan fingerprint density at radius 1 is 1.10 bits per heavy atom. The van der Waals surface area contributed by atoms with Gasteiger partial charge in [0.25, 0.3) is 0 Å². The zero-order valence-corrected chi connectivity index (χ0v) is 8.15. The van der Waals surface area contributed by atoms with E-state index in [0.29, 0.717) is 11.5 Å². The van der Waals surface area contributed by atoms with Crippen molar-refractivity contribution in [3.8, 4) is 0 Å². The van der Waals surface area contributed by atoms with Crippen molar-refractivity contribution < 1.29 is 0 Å². The van der Waals surface area contributed by atoms with Crippen LogP contribution in [0.3, 0.4) is 0 Å². The second-order valence-electron chi connectivity index (χ2n) is 3.99. The van der Waals surface area contributed by atoms with Gasteiger partial charge in [-0.05, 0) is 25.3 Å². The molecule has 1 nitrogen and oxygen atoms in total. The van der Waals surface area contributed by atoms with Crippen LogP contribution in [0.2, 0.25) is 0 Å². The maximum Gasteiger partial charge on any atom is 0.00893 e. The standard InChI is InChI=1S/C9H21N/c1-7(2)9(4,5)8(3)10-6/h7-8,10H,1-6H3/t8-/m1/s1. The molecule has 0 aromatic carbocycles. The van der Waals surface area contributed by atoms with Gasteiger partial charge in [0.05, 0.1) is 0 Å². The lowest BCUT2D eigenvalue weighted by molar-refractivity contribution is 0.183. The highest BCUT2D eigenvalue weighted by atomic mass is 14.9. The van der Waals surface area contributed by atoms with E-state index in [4.69, 9.17) is 0 Å². The summed E-state index contributed by atoms with van der Waals surface area (Å²) < 4.78 is 0. The first-order chi connectivity index (χ1) is 4.42. The van der Waals surface area contributed by atoms with Gasteiger partial charge in [0.15, 0.2) is 0 Å². The van der Waals surface area contributed by atoms with Crippen molar-refractivity contribution in [2.24, 2.45) is 11.3 Å². The fraction of sp³-hybridized carbons (Fsp3) is 1.00. The lowest BCUT2D eigenvalue weighted by Gasteiger charge is -2.35. The van der Waals surface area contributed by atoms with E-state index in [1.165, 1.54) is 0 Å². The molecule has 10 heavy (non-hydrogen) atoms. The highest BCUT2D eigenvalue weighted by molar-refractivity contribution is 4.81. The molecular weight excluding hydrogens is 122 g/mol. The molecule has 0 bridgehead atoms. The van der Waals surface area contributed by atoms with Crippen LogP contribution in [-0.2, 0) is 0 Å². The second-order valence-corrected chi connectivity index (χ2v) is 3.99. The van der Waals surface area contributed by atoms with Crippen LogP contribution in [0.1, 0.15) is 34.6 Å². The molecule has 0 radical (unpaired) electrons. The average molecular weight is 143 g/mol. The minimum Gasteiger partial charge on any atom is -0.317 e. The van der Waals surface area contributed by atoms with Crippen molar-refractivity contribution in [1.82, 2.24) is 5.32 Å². The molecule has 62 valence electrons. The Morgan fingerprint density at radius 3 is 1.60 bits per heavy atom. The summed E-state index contributed by atoms with van der Waals surface area (Å²) in [7, 11) is 2.02. The van der Waals surface area contributed by atoms with E-state index in [9.17, 15) is 0 Å². The average Bonchev–Trinajstić information content (AvgIpc) is 1.86. The lowest BCUT2D eigenvalue weighted by Crippen LogP contribution is -2.40. The molecule has 1 heteroatoms. The third kappa shape index (κ3) is 1.98. The van der Waals surface area contributed by atoms with E-state index >= 15 is 0 Å². The first kappa shape index (κ1) is 9.96. The molecule has 0 spiro atoms. The second kappa shape index (κ2) is 3.38. The molecule has 0 amide bonds. The van der Waals surface area contributed by atoms with Gasteiger partial charge in [0, 0.05) is 6.04 Å². The summed E-state index contributed by atoms with van der Waals surface area (Å²) in [6.45, 7) is 11.4. The van der Waals surface area contributed by atoms with E-state index < -0.39 is 0 Å². The third-order valence-corrected chi connectivity index (χ3v) is 3.04. The van der Waals surface area contributed by atoms with Gasteiger partial charge in [-0.3, -0.25) is 0 Å². The summed E-state index contributed by atoms with van der Waals surface area (Å²) >= 11 is 0. The number of rotatable bonds is 3. The molecule has 1 N–H and O–H groups in total. The Labute approximate surface area is 65.2 Å². The Morgan fingerprint density at radius 2 is 1.50 bits per heavy atom. The lowest BCUT2D eigenvalue weighted by atomic mass is 9.75. The highest BCUT2D eigenvalue weighted by Crippen LogP contribution is 2.29. The van der Waals surface area contributed by atoms with Crippen LogP contribution in [0.5, 0.6) is 0 Å². The molecule has 0 rings (SSSR count). The van der Waals surface area contributed by atoms with Crippen LogP contribution in [0.15, 0.2) is 0 Å². The highest BCUT2D eigenvalue weighted by Gasteiger charge is 2.27. The zero-order chi connectivity index (χ0) is 8.36. The van der Waals surface area contributed by atoms with Crippen molar-refractivity contribution in [2.75, 3.05) is 7.05 Å². The predicted molar refractivity (Wildman–Crippen MR) is 47.1 cm³/mol. The molecule has 0 aliphatic heterocycles. The largest absolute Gasteiger partial charge is 0.317 e. The Bertz CT molecular complexity index is 94.9. The molecule has 0 unspecified atom stereocenters. The minimum atomic E-state index is 0.398. The molecule has 0 heterocycles. The first-order valence-corrected chi connectivity index (χ1v) is 4.10. The molecule has 0 aromatic heterocycles. The monoisotopic (exact) mass is 143 g/mol. The van der Waals surface area contributed by atoms with Crippen LogP contribution in [0, 0.1) is 11.3 Å². The first-order valence-electron chi connectivity index (χ1n) is 4.10. The van der Waals surface area contributed by atoms with Gasteiger partial charge in [-0.2, -0.15) is 0 Å². The Hall–Kier alpha value is -0.0400. The molecular formula is C9H21N. The summed E-state index contributed by atoms with van der Waals surface area (Å²) in [5.74, 6) is 0.731. The van der Waals surface area contributed by atoms with E-state index in [-0.39, 0.29) is 0 Å². The SMILES string of the molecule is CN[C@H](C)C(C)(C)C(C)C. The quantitative estimate of drug-likeness (QED) is 0.639. The molecule has 1 atom stereocenters. The van der Waals surface area contributed by atoms with Gasteiger partial charge in [-0.25, -0.2) is 0 Å². The Kier molecular flexibility index (Phi) is 3.37. The van der Waals surface area contributed by atoms with Gasteiger partial charge < -0.3 is 5.32 Å². The van der Waals surface area contributed by atoms with Gasteiger partial charge in [0.2, 0.25) is 0 Å². The van der Waals surface area contributed by atoms with E-state index in [2.05, 4.69) is 39.9 Å². The van der Waals surface area contributed by atoms with Crippen molar-refractivity contribution >= 4 is 0 Å². The van der Waals surface area contributed by atoms with Gasteiger partial charge in [-0.15, -0.1) is 0 Å². The normalized spacial score (nSPS) is 15.9. The van der Waals surface area contributed by atoms with Crippen LogP contribution in [0.4, 0.5) is 0 Å². The van der Waals surface area contributed by atoms with Crippen molar-refractivity contribution in [3.05, 3.63) is 0 Å². The fourth-order valence-corrected chi connectivity index (χ4v) is 0.872. The van der Waals surface area contributed by atoms with E-state index in [1.54, 1.807) is 0 Å². The predicted octanol–water partition coefficient (Wildman–Crippen LogP) is 2.28. The molecule has 0 aromatic rings. The van der Waals surface area contributed by atoms with Gasteiger partial charge >= 0.3 is 0 Å². The summed E-state index contributed by atoms with van der Waals surface area (Å²) in [5.41, 5.74) is 0.398. The number of hydrogen-bond acceptors (Lipinski definition) is 1. The number of hydrogen-bond donors (Lipinski definition) is 1. The molecule has 0 aliphatic rings. The molecule has 0 saturated carbocycles. The topological polar surface area (TPSA) is 12.0 Å². The molecule has 0 aliphatic carbocycles. The van der Waals surface area contributed by atoms with Crippen LogP contribution in [0.25, 0.3) is 0 Å². The smallest absolute Gasteiger partial charge is 0.00893 e. The van der Waals surface area contributed by atoms with E-state index in [0.717, 1.165) is 5.92 Å². The van der Waals surface area contributed by atoms with Gasteiger partial charge in [-0.1, -0.05) is 27.7 Å². The Balaban J connectivity index is 4.09. The van der Waals surface area contributed by atoms with Crippen molar-refractivity contribution in [1.29, 1.82) is 0 Å². The maximum absolute atomic E-state index is 3.29.